The number of anilines is 2. The highest BCUT2D eigenvalue weighted by Gasteiger charge is 2.31. The lowest BCUT2D eigenvalue weighted by Gasteiger charge is -2.34. The summed E-state index contributed by atoms with van der Waals surface area (Å²) in [7, 11) is 0. The van der Waals surface area contributed by atoms with Crippen LogP contribution in [-0.4, -0.2) is 6.04 Å². The maximum Gasteiger partial charge on any atom is 0.0420 e. The van der Waals surface area contributed by atoms with E-state index in [1.807, 2.05) is 6.07 Å². The fraction of sp³-hybridized carbons (Fsp3) is 0.171. The predicted octanol–water partition coefficient (Wildman–Crippen LogP) is 11.3. The smallest absolute Gasteiger partial charge is 0.0420 e. The fourth-order valence-corrected chi connectivity index (χ4v) is 7.93. The Balaban J connectivity index is 1.31. The molecular weight excluding hydrogens is 506 g/mol. The molecule has 0 heterocycles. The highest BCUT2D eigenvalue weighted by atomic mass is 15.2. The van der Waals surface area contributed by atoms with Crippen LogP contribution in [0.1, 0.15) is 38.5 Å². The second-order valence-corrected chi connectivity index (χ2v) is 12.1. The van der Waals surface area contributed by atoms with Gasteiger partial charge in [0, 0.05) is 22.8 Å². The van der Waals surface area contributed by atoms with Gasteiger partial charge in [-0.05, 0) is 116 Å². The summed E-state index contributed by atoms with van der Waals surface area (Å²) in [6.07, 6.45) is 7.72. The van der Waals surface area contributed by atoms with Crippen LogP contribution in [-0.2, 0) is 0 Å². The van der Waals surface area contributed by atoms with E-state index in [1.165, 1.54) is 111 Å². The molecule has 0 N–H and O–H groups in total. The molecule has 0 unspecified atom stereocenters. The molecule has 0 atom stereocenters. The number of hydrogen-bond donors (Lipinski definition) is 0. The number of benzene rings is 5. The van der Waals surface area contributed by atoms with Crippen LogP contribution in [0.4, 0.5) is 11.4 Å². The lowest BCUT2D eigenvalue weighted by molar-refractivity contribution is 0.569. The first-order valence-electron chi connectivity index (χ1n) is 15.5. The SMILES string of the molecule is c1ccc2cc(N(c3ccc4c(c3)-c3c5cccc3-c3cccc-4c3-c3ccccc3-5)C3CCCCCC3)ccc2c#1. The van der Waals surface area contributed by atoms with E-state index in [0.29, 0.717) is 6.04 Å². The topological polar surface area (TPSA) is 3.24 Å². The minimum Gasteiger partial charge on any atom is -0.338 e. The van der Waals surface area contributed by atoms with E-state index < -0.39 is 0 Å². The molecule has 9 rings (SSSR count). The molecule has 6 bridgehead atoms. The zero-order valence-electron chi connectivity index (χ0n) is 23.7. The van der Waals surface area contributed by atoms with Gasteiger partial charge in [0.05, 0.1) is 0 Å². The Hall–Kier alpha value is -4.80. The van der Waals surface area contributed by atoms with Gasteiger partial charge in [0.2, 0.25) is 0 Å². The molecule has 1 heteroatoms. The zero-order chi connectivity index (χ0) is 27.6. The highest BCUT2D eigenvalue weighted by molar-refractivity contribution is 6.15. The summed E-state index contributed by atoms with van der Waals surface area (Å²) in [5.74, 6) is 0. The second kappa shape index (κ2) is 9.37. The van der Waals surface area contributed by atoms with E-state index in [9.17, 15) is 0 Å². The number of rotatable bonds is 3. The van der Waals surface area contributed by atoms with Crippen molar-refractivity contribution in [3.63, 3.8) is 0 Å². The van der Waals surface area contributed by atoms with Crippen LogP contribution in [0.25, 0.3) is 66.4 Å². The molecule has 0 spiro atoms. The van der Waals surface area contributed by atoms with Crippen molar-refractivity contribution in [2.24, 2.45) is 0 Å². The Morgan fingerprint density at radius 3 is 1.86 bits per heavy atom. The van der Waals surface area contributed by atoms with E-state index in [0.717, 1.165) is 5.39 Å². The first-order valence-corrected chi connectivity index (χ1v) is 15.5. The molecule has 200 valence electrons. The minimum atomic E-state index is 0.480. The fourth-order valence-electron chi connectivity index (χ4n) is 7.93. The van der Waals surface area contributed by atoms with Gasteiger partial charge in [-0.1, -0.05) is 105 Å². The van der Waals surface area contributed by atoms with E-state index >= 15 is 0 Å². The second-order valence-electron chi connectivity index (χ2n) is 12.1. The minimum absolute atomic E-state index is 0.480. The van der Waals surface area contributed by atoms with Gasteiger partial charge in [-0.15, -0.1) is 0 Å². The van der Waals surface area contributed by atoms with Gasteiger partial charge in [-0.2, -0.15) is 0 Å². The third kappa shape index (κ3) is 3.52. The highest BCUT2D eigenvalue weighted by Crippen LogP contribution is 2.57. The van der Waals surface area contributed by atoms with Crippen LogP contribution in [0.5, 0.6) is 0 Å². The molecule has 3 aliphatic carbocycles. The largest absolute Gasteiger partial charge is 0.338 e. The standard InChI is InChI=1S/C41H31N/c1-2-4-14-29(13-3-1)42(30-22-21-27-11-5-6-12-28(27)25-30)31-23-24-33-36-18-10-19-37-38-20-9-17-35(41(38)39(33)26-31)32-15-7-8-16-34(32)40(36)37/h6-10,12,15-26,29H,1-4,13-14H2. The summed E-state index contributed by atoms with van der Waals surface area (Å²) in [5.41, 5.74) is 16.0. The van der Waals surface area contributed by atoms with E-state index in [-0.39, 0.29) is 0 Å². The summed E-state index contributed by atoms with van der Waals surface area (Å²) in [4.78, 5) is 2.66. The van der Waals surface area contributed by atoms with Gasteiger partial charge in [-0.3, -0.25) is 0 Å². The number of nitrogens with zero attached hydrogens (tertiary/aromatic N) is 1. The maximum atomic E-state index is 3.29. The van der Waals surface area contributed by atoms with Gasteiger partial charge in [0.25, 0.3) is 0 Å². The third-order valence-corrected chi connectivity index (χ3v) is 9.80. The number of hydrogen-bond acceptors (Lipinski definition) is 1. The molecule has 0 radical (unpaired) electrons. The van der Waals surface area contributed by atoms with Gasteiger partial charge in [0.15, 0.2) is 0 Å². The summed E-state index contributed by atoms with van der Waals surface area (Å²) in [6.45, 7) is 0. The monoisotopic (exact) mass is 537 g/mol. The first-order chi connectivity index (χ1) is 20.8. The van der Waals surface area contributed by atoms with Crippen LogP contribution in [0.3, 0.4) is 0 Å². The van der Waals surface area contributed by atoms with Crippen LogP contribution in [0.15, 0.2) is 109 Å². The third-order valence-electron chi connectivity index (χ3n) is 9.80. The molecule has 1 nitrogen and oxygen atoms in total. The van der Waals surface area contributed by atoms with Crippen molar-refractivity contribution in [1.82, 2.24) is 0 Å². The maximum absolute atomic E-state index is 3.29. The molecule has 1 saturated carbocycles. The molecule has 0 aliphatic heterocycles. The van der Waals surface area contributed by atoms with Crippen LogP contribution in [0, 0.1) is 12.1 Å². The van der Waals surface area contributed by atoms with Gasteiger partial charge < -0.3 is 4.90 Å². The number of fused-ring (bicyclic) bond motifs is 5. The van der Waals surface area contributed by atoms with Crippen molar-refractivity contribution in [1.29, 1.82) is 0 Å². The lowest BCUT2D eigenvalue weighted by Crippen LogP contribution is -2.30. The molecule has 1 fully saturated rings. The van der Waals surface area contributed by atoms with Crippen molar-refractivity contribution < 1.29 is 0 Å². The molecule has 6 aromatic rings. The molecule has 42 heavy (non-hydrogen) atoms. The lowest BCUT2D eigenvalue weighted by atomic mass is 9.83. The van der Waals surface area contributed by atoms with E-state index in [2.05, 4.69) is 120 Å². The normalized spacial score (nSPS) is 14.8. The molecule has 0 amide bonds. The zero-order valence-corrected chi connectivity index (χ0v) is 23.7. The van der Waals surface area contributed by atoms with Crippen molar-refractivity contribution in [2.45, 2.75) is 44.6 Å². The average Bonchev–Trinajstić information content (AvgIpc) is 3.38. The predicted molar refractivity (Wildman–Crippen MR) is 176 cm³/mol. The summed E-state index contributed by atoms with van der Waals surface area (Å²) >= 11 is 0. The summed E-state index contributed by atoms with van der Waals surface area (Å²) in [6, 6.07) is 47.9. The Labute approximate surface area is 248 Å². The van der Waals surface area contributed by atoms with Gasteiger partial charge >= 0.3 is 0 Å². The van der Waals surface area contributed by atoms with Crippen LogP contribution < -0.4 is 4.90 Å². The molecule has 6 aromatic carbocycles. The molecular formula is C41H31N. The Morgan fingerprint density at radius 1 is 0.500 bits per heavy atom. The van der Waals surface area contributed by atoms with E-state index in [4.69, 9.17) is 0 Å². The van der Waals surface area contributed by atoms with Crippen LogP contribution >= 0.6 is 0 Å². The van der Waals surface area contributed by atoms with Gasteiger partial charge in [-0.25, -0.2) is 0 Å². The Bertz CT molecular complexity index is 1980. The quantitative estimate of drug-likeness (QED) is 0.203. The molecule has 0 saturated heterocycles. The van der Waals surface area contributed by atoms with Crippen molar-refractivity contribution in [2.75, 3.05) is 4.90 Å². The first kappa shape index (κ1) is 23.9. The van der Waals surface area contributed by atoms with E-state index in [1.54, 1.807) is 0 Å². The summed E-state index contributed by atoms with van der Waals surface area (Å²) in [5, 5.41) is 2.34. The van der Waals surface area contributed by atoms with Crippen molar-refractivity contribution in [3.05, 3.63) is 121 Å². The van der Waals surface area contributed by atoms with Crippen LogP contribution in [0.2, 0.25) is 0 Å². The van der Waals surface area contributed by atoms with Gasteiger partial charge in [0.1, 0.15) is 0 Å². The Morgan fingerprint density at radius 2 is 1.10 bits per heavy atom. The molecule has 3 aliphatic rings. The molecule has 0 aromatic heterocycles. The van der Waals surface area contributed by atoms with Crippen molar-refractivity contribution >= 4 is 22.1 Å². The average molecular weight is 538 g/mol. The summed E-state index contributed by atoms with van der Waals surface area (Å²) < 4.78 is 0. The Kier molecular flexibility index (Phi) is 5.32. The van der Waals surface area contributed by atoms with Crippen molar-refractivity contribution in [3.8, 4) is 55.6 Å².